The molecular weight excluding hydrogens is 416 g/mol. The van der Waals surface area contributed by atoms with E-state index in [1.165, 1.54) is 7.11 Å². The molecule has 2 aliphatic rings. The van der Waals surface area contributed by atoms with Crippen molar-refractivity contribution in [3.63, 3.8) is 0 Å². The number of amides is 2. The van der Waals surface area contributed by atoms with Gasteiger partial charge in [-0.05, 0) is 43.0 Å². The Balaban J connectivity index is 1.59. The predicted octanol–water partition coefficient (Wildman–Crippen LogP) is 3.81. The van der Waals surface area contributed by atoms with Gasteiger partial charge >= 0.3 is 5.97 Å². The van der Waals surface area contributed by atoms with E-state index >= 15 is 0 Å². The van der Waals surface area contributed by atoms with Crippen LogP contribution >= 0.6 is 11.6 Å². The van der Waals surface area contributed by atoms with Gasteiger partial charge in [-0.15, -0.1) is 0 Å². The summed E-state index contributed by atoms with van der Waals surface area (Å²) in [5, 5.41) is 0.485. The number of rotatable bonds is 4. The Morgan fingerprint density at radius 1 is 1.03 bits per heavy atom. The fourth-order valence-electron chi connectivity index (χ4n) is 4.64. The number of methoxy groups -OCH3 is 1. The number of benzene rings is 2. The Kier molecular flexibility index (Phi) is 6.01. The molecule has 2 fully saturated rings. The largest absolute Gasteiger partial charge is 0.468 e. The first-order chi connectivity index (χ1) is 15.0. The summed E-state index contributed by atoms with van der Waals surface area (Å²) in [5.74, 6) is -0.428. The van der Waals surface area contributed by atoms with Crippen molar-refractivity contribution in [2.24, 2.45) is 0 Å². The Bertz CT molecular complexity index is 1000. The summed E-state index contributed by atoms with van der Waals surface area (Å²) in [4.78, 5) is 41.8. The van der Waals surface area contributed by atoms with Gasteiger partial charge in [-0.3, -0.25) is 14.4 Å². The summed E-state index contributed by atoms with van der Waals surface area (Å²) in [7, 11) is 1.40. The number of hydrogen-bond donors (Lipinski definition) is 0. The van der Waals surface area contributed by atoms with Crippen LogP contribution in [0, 0.1) is 0 Å². The van der Waals surface area contributed by atoms with Crippen molar-refractivity contribution in [2.45, 2.75) is 31.1 Å². The number of nitrogens with zero attached hydrogens (tertiary/aromatic N) is 2. The molecule has 0 unspecified atom stereocenters. The summed E-state index contributed by atoms with van der Waals surface area (Å²) in [5.41, 5.74) is 1.17. The van der Waals surface area contributed by atoms with Gasteiger partial charge < -0.3 is 14.5 Å². The highest BCUT2D eigenvalue weighted by molar-refractivity contribution is 6.31. The molecule has 7 heteroatoms. The molecule has 2 heterocycles. The van der Waals surface area contributed by atoms with Crippen LogP contribution in [0.1, 0.15) is 41.6 Å². The summed E-state index contributed by atoms with van der Waals surface area (Å²) in [6.07, 6.45) is 2.19. The fourth-order valence-corrected chi connectivity index (χ4v) is 4.80. The average Bonchev–Trinajstić information content (AvgIpc) is 3.24. The summed E-state index contributed by atoms with van der Waals surface area (Å²) in [6.45, 7) is 1.41. The van der Waals surface area contributed by atoms with Gasteiger partial charge in [0.05, 0.1) is 23.8 Å². The highest BCUT2D eigenvalue weighted by Gasteiger charge is 2.45. The van der Waals surface area contributed by atoms with E-state index in [0.29, 0.717) is 55.2 Å². The van der Waals surface area contributed by atoms with Crippen LogP contribution in [0.5, 0.6) is 0 Å². The van der Waals surface area contributed by atoms with E-state index in [9.17, 15) is 14.4 Å². The zero-order chi connectivity index (χ0) is 22.0. The molecule has 2 saturated heterocycles. The van der Waals surface area contributed by atoms with Crippen molar-refractivity contribution >= 4 is 35.1 Å². The first-order valence-corrected chi connectivity index (χ1v) is 10.9. The molecule has 0 aliphatic carbocycles. The van der Waals surface area contributed by atoms with Gasteiger partial charge in [0.1, 0.15) is 0 Å². The smallest absolute Gasteiger partial charge is 0.316 e. The van der Waals surface area contributed by atoms with Crippen LogP contribution in [0.4, 0.5) is 5.69 Å². The van der Waals surface area contributed by atoms with Crippen LogP contribution in [-0.4, -0.2) is 49.4 Å². The molecule has 0 atom stereocenters. The molecule has 2 aliphatic heterocycles. The molecule has 0 bridgehead atoms. The van der Waals surface area contributed by atoms with Crippen LogP contribution in [0.3, 0.4) is 0 Å². The third kappa shape index (κ3) is 3.92. The van der Waals surface area contributed by atoms with Crippen LogP contribution in [0.25, 0.3) is 0 Å². The van der Waals surface area contributed by atoms with E-state index in [1.54, 1.807) is 28.0 Å². The number of piperidine rings is 1. The van der Waals surface area contributed by atoms with Crippen molar-refractivity contribution in [1.82, 2.24) is 4.90 Å². The van der Waals surface area contributed by atoms with Crippen molar-refractivity contribution in [2.75, 3.05) is 31.6 Å². The van der Waals surface area contributed by atoms with Gasteiger partial charge in [-0.25, -0.2) is 0 Å². The Hall–Kier alpha value is -2.86. The van der Waals surface area contributed by atoms with Gasteiger partial charge in [0.2, 0.25) is 5.91 Å². The van der Waals surface area contributed by atoms with Gasteiger partial charge in [-0.1, -0.05) is 41.9 Å². The molecule has 162 valence electrons. The van der Waals surface area contributed by atoms with Crippen LogP contribution in [-0.2, 0) is 19.7 Å². The number of carbonyl (C=O) groups is 3. The van der Waals surface area contributed by atoms with E-state index in [4.69, 9.17) is 16.3 Å². The third-order valence-corrected chi connectivity index (χ3v) is 6.60. The standard InChI is InChI=1S/C24H25ClN2O4/c1-31-23(30)24(17-6-3-2-4-7-17)11-14-26(15-12-24)22(29)19-10-9-18(25)16-20(19)27-13-5-8-21(27)28/h2-4,6-7,9-10,16H,5,8,11-15H2,1H3. The van der Waals surface area contributed by atoms with Crippen molar-refractivity contribution in [3.8, 4) is 0 Å². The molecule has 0 aromatic heterocycles. The molecule has 2 aromatic rings. The second-order valence-corrected chi connectivity index (χ2v) is 8.48. The molecule has 2 aromatic carbocycles. The number of likely N-dealkylation sites (tertiary alicyclic amines) is 1. The monoisotopic (exact) mass is 440 g/mol. The predicted molar refractivity (Wildman–Crippen MR) is 118 cm³/mol. The zero-order valence-electron chi connectivity index (χ0n) is 17.5. The Labute approximate surface area is 186 Å². The molecule has 0 spiro atoms. The van der Waals surface area contributed by atoms with Crippen LogP contribution in [0.2, 0.25) is 5.02 Å². The minimum Gasteiger partial charge on any atom is -0.468 e. The topological polar surface area (TPSA) is 66.9 Å². The van der Waals surface area contributed by atoms with E-state index < -0.39 is 5.41 Å². The lowest BCUT2D eigenvalue weighted by molar-refractivity contribution is -0.149. The van der Waals surface area contributed by atoms with E-state index in [2.05, 4.69) is 0 Å². The quantitative estimate of drug-likeness (QED) is 0.678. The highest BCUT2D eigenvalue weighted by Crippen LogP contribution is 2.38. The molecule has 0 N–H and O–H groups in total. The first-order valence-electron chi connectivity index (χ1n) is 10.5. The third-order valence-electron chi connectivity index (χ3n) is 6.36. The minimum atomic E-state index is -0.763. The fraction of sp³-hybridized carbons (Fsp3) is 0.375. The SMILES string of the molecule is COC(=O)C1(c2ccccc2)CCN(C(=O)c2ccc(Cl)cc2N2CCCC2=O)CC1. The first kappa shape index (κ1) is 21.4. The minimum absolute atomic E-state index is 0.00347. The number of anilines is 1. The van der Waals surface area contributed by atoms with Gasteiger partial charge in [0, 0.05) is 31.1 Å². The molecule has 6 nitrogen and oxygen atoms in total. The molecule has 31 heavy (non-hydrogen) atoms. The number of ether oxygens (including phenoxy) is 1. The van der Waals surface area contributed by atoms with Gasteiger partial charge in [0.25, 0.3) is 5.91 Å². The Morgan fingerprint density at radius 3 is 2.35 bits per heavy atom. The summed E-state index contributed by atoms with van der Waals surface area (Å²) >= 11 is 6.18. The van der Waals surface area contributed by atoms with Crippen LogP contribution < -0.4 is 4.90 Å². The lowest BCUT2D eigenvalue weighted by atomic mass is 9.72. The normalized spacial score (nSPS) is 18.2. The lowest BCUT2D eigenvalue weighted by Crippen LogP contribution is -2.49. The number of esters is 1. The number of carbonyl (C=O) groups excluding carboxylic acids is 3. The second kappa shape index (κ2) is 8.71. The number of hydrogen-bond acceptors (Lipinski definition) is 4. The van der Waals surface area contributed by atoms with Crippen molar-refractivity contribution < 1.29 is 19.1 Å². The maximum Gasteiger partial charge on any atom is 0.316 e. The van der Waals surface area contributed by atoms with Gasteiger partial charge in [-0.2, -0.15) is 0 Å². The molecule has 0 saturated carbocycles. The number of halogens is 1. The van der Waals surface area contributed by atoms with E-state index in [0.717, 1.165) is 12.0 Å². The maximum atomic E-state index is 13.4. The van der Waals surface area contributed by atoms with E-state index in [-0.39, 0.29) is 17.8 Å². The van der Waals surface area contributed by atoms with Crippen molar-refractivity contribution in [1.29, 1.82) is 0 Å². The van der Waals surface area contributed by atoms with Crippen LogP contribution in [0.15, 0.2) is 48.5 Å². The summed E-state index contributed by atoms with van der Waals surface area (Å²) < 4.78 is 5.14. The molecule has 4 rings (SSSR count). The zero-order valence-corrected chi connectivity index (χ0v) is 18.2. The molecule has 0 radical (unpaired) electrons. The van der Waals surface area contributed by atoms with E-state index in [1.807, 2.05) is 30.3 Å². The lowest BCUT2D eigenvalue weighted by Gasteiger charge is -2.40. The molecule has 2 amide bonds. The maximum absolute atomic E-state index is 13.4. The Morgan fingerprint density at radius 2 is 1.74 bits per heavy atom. The van der Waals surface area contributed by atoms with Crippen molar-refractivity contribution in [3.05, 3.63) is 64.7 Å². The molecular formula is C24H25ClN2O4. The second-order valence-electron chi connectivity index (χ2n) is 8.04. The van der Waals surface area contributed by atoms with Gasteiger partial charge in [0.15, 0.2) is 0 Å². The average molecular weight is 441 g/mol. The highest BCUT2D eigenvalue weighted by atomic mass is 35.5. The summed E-state index contributed by atoms with van der Waals surface area (Å²) in [6, 6.07) is 14.6.